The van der Waals surface area contributed by atoms with Crippen LogP contribution >= 0.6 is 0 Å². The van der Waals surface area contributed by atoms with Crippen LogP contribution in [-0.4, -0.2) is 48.2 Å². The number of hydrogen-bond donors (Lipinski definition) is 2. The summed E-state index contributed by atoms with van der Waals surface area (Å²) in [5, 5.41) is 12.4. The lowest BCUT2D eigenvalue weighted by Crippen LogP contribution is -2.49. The van der Waals surface area contributed by atoms with Crippen molar-refractivity contribution < 1.29 is 9.90 Å². The maximum absolute atomic E-state index is 12.4. The Bertz CT molecular complexity index is 250. The number of aliphatic hydroxyl groups is 1. The number of rotatable bonds is 3. The Morgan fingerprint density at radius 1 is 1.29 bits per heavy atom. The van der Waals surface area contributed by atoms with Crippen LogP contribution in [-0.2, 0) is 4.79 Å². The number of likely N-dealkylation sites (tertiary alicyclic amines) is 1. The van der Waals surface area contributed by atoms with Crippen molar-refractivity contribution in [2.75, 3.05) is 26.2 Å². The molecular formula is C13H24N2O2. The second kappa shape index (κ2) is 6.36. The highest BCUT2D eigenvalue weighted by Gasteiger charge is 2.31. The number of piperidine rings is 2. The lowest BCUT2D eigenvalue weighted by atomic mass is 9.93. The van der Waals surface area contributed by atoms with E-state index < -0.39 is 0 Å². The van der Waals surface area contributed by atoms with Crippen molar-refractivity contribution in [3.63, 3.8) is 0 Å². The van der Waals surface area contributed by atoms with Crippen molar-refractivity contribution in [2.45, 2.75) is 44.6 Å². The molecular weight excluding hydrogens is 216 g/mol. The van der Waals surface area contributed by atoms with Gasteiger partial charge in [0.25, 0.3) is 0 Å². The van der Waals surface area contributed by atoms with Crippen LogP contribution in [0, 0.1) is 5.92 Å². The minimum absolute atomic E-state index is 0.169. The first kappa shape index (κ1) is 12.8. The van der Waals surface area contributed by atoms with Crippen molar-refractivity contribution in [2.24, 2.45) is 5.92 Å². The van der Waals surface area contributed by atoms with Crippen LogP contribution in [0.1, 0.15) is 38.5 Å². The largest absolute Gasteiger partial charge is 0.396 e. The Hall–Kier alpha value is -0.610. The number of aliphatic hydroxyl groups excluding tert-OH is 1. The Labute approximate surface area is 103 Å². The molecule has 0 bridgehead atoms. The molecule has 2 heterocycles. The molecule has 2 atom stereocenters. The first-order valence-electron chi connectivity index (χ1n) is 6.95. The van der Waals surface area contributed by atoms with Crippen LogP contribution < -0.4 is 5.32 Å². The van der Waals surface area contributed by atoms with Gasteiger partial charge in [-0.25, -0.2) is 0 Å². The first-order chi connectivity index (χ1) is 8.33. The SMILES string of the molecule is O=C([C@@H]1CCCNC1)N1CCCCC1CCO. The molecule has 2 aliphatic rings. The topological polar surface area (TPSA) is 52.6 Å². The molecule has 17 heavy (non-hydrogen) atoms. The molecule has 0 aromatic carbocycles. The van der Waals surface area contributed by atoms with Gasteiger partial charge in [-0.15, -0.1) is 0 Å². The van der Waals surface area contributed by atoms with E-state index in [-0.39, 0.29) is 18.6 Å². The quantitative estimate of drug-likeness (QED) is 0.765. The van der Waals surface area contributed by atoms with Crippen LogP contribution in [0.4, 0.5) is 0 Å². The molecule has 1 unspecified atom stereocenters. The van der Waals surface area contributed by atoms with E-state index in [0.717, 1.165) is 51.7 Å². The molecule has 2 saturated heterocycles. The third kappa shape index (κ3) is 3.19. The highest BCUT2D eigenvalue weighted by Crippen LogP contribution is 2.23. The zero-order valence-corrected chi connectivity index (χ0v) is 10.5. The van der Waals surface area contributed by atoms with E-state index in [1.807, 2.05) is 4.90 Å². The van der Waals surface area contributed by atoms with Crippen molar-refractivity contribution in [3.8, 4) is 0 Å². The molecule has 0 radical (unpaired) electrons. The van der Waals surface area contributed by atoms with E-state index in [1.165, 1.54) is 6.42 Å². The Morgan fingerprint density at radius 3 is 2.88 bits per heavy atom. The fraction of sp³-hybridized carbons (Fsp3) is 0.923. The van der Waals surface area contributed by atoms with Gasteiger partial charge in [0.15, 0.2) is 0 Å². The third-order valence-corrected chi connectivity index (χ3v) is 4.02. The van der Waals surface area contributed by atoms with Gasteiger partial charge >= 0.3 is 0 Å². The number of carbonyl (C=O) groups is 1. The molecule has 2 aliphatic heterocycles. The predicted molar refractivity (Wildman–Crippen MR) is 66.6 cm³/mol. The molecule has 0 spiro atoms. The summed E-state index contributed by atoms with van der Waals surface area (Å²) in [4.78, 5) is 14.5. The Morgan fingerprint density at radius 2 is 2.18 bits per heavy atom. The van der Waals surface area contributed by atoms with Gasteiger partial charge in [0.2, 0.25) is 5.91 Å². The molecule has 2 rings (SSSR count). The van der Waals surface area contributed by atoms with Crippen LogP contribution in [0.3, 0.4) is 0 Å². The third-order valence-electron chi connectivity index (χ3n) is 4.02. The number of amides is 1. The minimum Gasteiger partial charge on any atom is -0.396 e. The minimum atomic E-state index is 0.169. The molecule has 0 aromatic heterocycles. The van der Waals surface area contributed by atoms with Crippen LogP contribution in [0.5, 0.6) is 0 Å². The van der Waals surface area contributed by atoms with Gasteiger partial charge in [-0.2, -0.15) is 0 Å². The molecule has 2 fully saturated rings. The molecule has 0 aromatic rings. The van der Waals surface area contributed by atoms with Crippen molar-refractivity contribution >= 4 is 5.91 Å². The lowest BCUT2D eigenvalue weighted by Gasteiger charge is -2.38. The number of nitrogens with one attached hydrogen (secondary N) is 1. The summed E-state index contributed by atoms with van der Waals surface area (Å²) in [6.07, 6.45) is 6.24. The summed E-state index contributed by atoms with van der Waals surface area (Å²) in [5.74, 6) is 0.485. The normalized spacial score (nSPS) is 30.3. The molecule has 0 saturated carbocycles. The molecule has 1 amide bonds. The van der Waals surface area contributed by atoms with Gasteiger partial charge in [0, 0.05) is 25.7 Å². The summed E-state index contributed by atoms with van der Waals surface area (Å²) in [5.41, 5.74) is 0. The summed E-state index contributed by atoms with van der Waals surface area (Å²) in [7, 11) is 0. The highest BCUT2D eigenvalue weighted by atomic mass is 16.3. The fourth-order valence-electron chi connectivity index (χ4n) is 3.04. The smallest absolute Gasteiger partial charge is 0.227 e. The van der Waals surface area contributed by atoms with Gasteiger partial charge in [-0.1, -0.05) is 0 Å². The average Bonchev–Trinajstić information content (AvgIpc) is 2.40. The van der Waals surface area contributed by atoms with E-state index in [1.54, 1.807) is 0 Å². The molecule has 0 aliphatic carbocycles. The Kier molecular flexibility index (Phi) is 4.80. The zero-order valence-electron chi connectivity index (χ0n) is 10.5. The van der Waals surface area contributed by atoms with Crippen LogP contribution in [0.25, 0.3) is 0 Å². The maximum atomic E-state index is 12.4. The number of hydrogen-bond acceptors (Lipinski definition) is 3. The van der Waals surface area contributed by atoms with Gasteiger partial charge < -0.3 is 15.3 Å². The average molecular weight is 240 g/mol. The van der Waals surface area contributed by atoms with Gasteiger partial charge in [-0.3, -0.25) is 4.79 Å². The first-order valence-corrected chi connectivity index (χ1v) is 6.95. The summed E-state index contributed by atoms with van der Waals surface area (Å²) < 4.78 is 0. The molecule has 98 valence electrons. The molecule has 2 N–H and O–H groups in total. The molecule has 4 heteroatoms. The van der Waals surface area contributed by atoms with E-state index in [4.69, 9.17) is 5.11 Å². The monoisotopic (exact) mass is 240 g/mol. The van der Waals surface area contributed by atoms with Crippen molar-refractivity contribution in [1.29, 1.82) is 0 Å². The van der Waals surface area contributed by atoms with Gasteiger partial charge in [-0.05, 0) is 45.1 Å². The highest BCUT2D eigenvalue weighted by molar-refractivity contribution is 5.79. The second-order valence-electron chi connectivity index (χ2n) is 5.24. The molecule has 4 nitrogen and oxygen atoms in total. The standard InChI is InChI=1S/C13H24N2O2/c16-9-6-12-5-1-2-8-15(12)13(17)11-4-3-7-14-10-11/h11-12,14,16H,1-10H2/t11-,12?/m1/s1. The van der Waals surface area contributed by atoms with E-state index in [0.29, 0.717) is 5.91 Å². The summed E-state index contributed by atoms with van der Waals surface area (Å²) in [6.45, 7) is 2.96. The number of carbonyl (C=O) groups excluding carboxylic acids is 1. The number of nitrogens with zero attached hydrogens (tertiary/aromatic N) is 1. The lowest BCUT2D eigenvalue weighted by molar-refractivity contribution is -0.140. The van der Waals surface area contributed by atoms with Gasteiger partial charge in [0.05, 0.1) is 5.92 Å². The Balaban J connectivity index is 1.94. The van der Waals surface area contributed by atoms with E-state index in [2.05, 4.69) is 5.32 Å². The fourth-order valence-corrected chi connectivity index (χ4v) is 3.04. The predicted octanol–water partition coefficient (Wildman–Crippen LogP) is 0.749. The van der Waals surface area contributed by atoms with Crippen LogP contribution in [0.15, 0.2) is 0 Å². The second-order valence-corrected chi connectivity index (χ2v) is 5.24. The van der Waals surface area contributed by atoms with Crippen molar-refractivity contribution in [3.05, 3.63) is 0 Å². The van der Waals surface area contributed by atoms with Crippen LogP contribution in [0.2, 0.25) is 0 Å². The zero-order chi connectivity index (χ0) is 12.1. The van der Waals surface area contributed by atoms with E-state index >= 15 is 0 Å². The van der Waals surface area contributed by atoms with Gasteiger partial charge in [0.1, 0.15) is 0 Å². The summed E-state index contributed by atoms with van der Waals surface area (Å²) in [6, 6.07) is 0.281. The maximum Gasteiger partial charge on any atom is 0.227 e. The van der Waals surface area contributed by atoms with E-state index in [9.17, 15) is 4.79 Å². The van der Waals surface area contributed by atoms with Crippen molar-refractivity contribution in [1.82, 2.24) is 10.2 Å². The summed E-state index contributed by atoms with van der Waals surface area (Å²) >= 11 is 0.